The summed E-state index contributed by atoms with van der Waals surface area (Å²) in [6, 6.07) is 12.6. The van der Waals surface area contributed by atoms with E-state index in [0.717, 1.165) is 0 Å². The van der Waals surface area contributed by atoms with Gasteiger partial charge in [0.25, 0.3) is 0 Å². The molecule has 0 radical (unpaired) electrons. The highest BCUT2D eigenvalue weighted by Crippen LogP contribution is 2.23. The maximum atomic E-state index is 12.1. The van der Waals surface area contributed by atoms with Gasteiger partial charge in [-0.05, 0) is 43.3 Å². The van der Waals surface area contributed by atoms with Gasteiger partial charge in [0.1, 0.15) is 5.75 Å². The fourth-order valence-corrected chi connectivity index (χ4v) is 3.01. The molecule has 8 heteroatoms. The Balaban J connectivity index is 1.99. The van der Waals surface area contributed by atoms with Gasteiger partial charge in [0.2, 0.25) is 15.9 Å². The van der Waals surface area contributed by atoms with Crippen molar-refractivity contribution in [1.82, 2.24) is 4.72 Å². The Morgan fingerprint density at radius 1 is 1.12 bits per heavy atom. The van der Waals surface area contributed by atoms with Crippen molar-refractivity contribution >= 4 is 33.2 Å². The van der Waals surface area contributed by atoms with Crippen LogP contribution in [0.2, 0.25) is 5.02 Å². The van der Waals surface area contributed by atoms with E-state index in [-0.39, 0.29) is 4.90 Å². The minimum absolute atomic E-state index is 0.0365. The molecule has 0 bridgehead atoms. The van der Waals surface area contributed by atoms with Crippen molar-refractivity contribution < 1.29 is 17.9 Å². The quantitative estimate of drug-likeness (QED) is 0.786. The van der Waals surface area contributed by atoms with E-state index in [1.807, 2.05) is 6.92 Å². The van der Waals surface area contributed by atoms with Gasteiger partial charge in [-0.3, -0.25) is 4.79 Å². The van der Waals surface area contributed by atoms with Crippen LogP contribution in [0.25, 0.3) is 0 Å². The predicted molar refractivity (Wildman–Crippen MR) is 92.9 cm³/mol. The van der Waals surface area contributed by atoms with Crippen molar-refractivity contribution in [1.29, 1.82) is 0 Å². The molecule has 0 aliphatic rings. The molecule has 0 aliphatic carbocycles. The fraction of sp³-hybridized carbons (Fsp3) is 0.188. The van der Waals surface area contributed by atoms with Gasteiger partial charge in [0.05, 0.1) is 23.7 Å². The van der Waals surface area contributed by atoms with Gasteiger partial charge in [0, 0.05) is 5.02 Å². The summed E-state index contributed by atoms with van der Waals surface area (Å²) in [6.45, 7) is 1.89. The van der Waals surface area contributed by atoms with Gasteiger partial charge in [-0.1, -0.05) is 23.7 Å². The first-order valence-electron chi connectivity index (χ1n) is 7.19. The molecule has 0 unspecified atom stereocenters. The smallest absolute Gasteiger partial charge is 0.241 e. The van der Waals surface area contributed by atoms with E-state index >= 15 is 0 Å². The van der Waals surface area contributed by atoms with Crippen LogP contribution >= 0.6 is 11.6 Å². The molecule has 0 heterocycles. The normalized spacial score (nSPS) is 11.1. The van der Waals surface area contributed by atoms with Gasteiger partial charge in [-0.25, -0.2) is 13.1 Å². The molecular weight excluding hydrogens is 352 g/mol. The third kappa shape index (κ3) is 4.95. The lowest BCUT2D eigenvalue weighted by atomic mass is 10.3. The van der Waals surface area contributed by atoms with Crippen molar-refractivity contribution in [2.24, 2.45) is 0 Å². The zero-order valence-corrected chi connectivity index (χ0v) is 14.5. The Hall–Kier alpha value is -2.09. The van der Waals surface area contributed by atoms with Gasteiger partial charge >= 0.3 is 0 Å². The second kappa shape index (κ2) is 8.14. The summed E-state index contributed by atoms with van der Waals surface area (Å²) in [5.74, 6) is 0.0219. The number of anilines is 1. The number of benzene rings is 2. The molecule has 2 aromatic carbocycles. The van der Waals surface area contributed by atoms with E-state index in [0.29, 0.717) is 23.1 Å². The summed E-state index contributed by atoms with van der Waals surface area (Å²) >= 11 is 5.73. The van der Waals surface area contributed by atoms with Gasteiger partial charge in [-0.2, -0.15) is 0 Å². The highest BCUT2D eigenvalue weighted by atomic mass is 35.5. The van der Waals surface area contributed by atoms with E-state index in [4.69, 9.17) is 16.3 Å². The molecule has 0 saturated heterocycles. The molecule has 0 atom stereocenters. The number of carbonyl (C=O) groups is 1. The minimum Gasteiger partial charge on any atom is -0.492 e. The number of hydrogen-bond acceptors (Lipinski definition) is 4. The molecule has 0 saturated carbocycles. The van der Waals surface area contributed by atoms with Crippen LogP contribution in [-0.2, 0) is 14.8 Å². The molecule has 6 nitrogen and oxygen atoms in total. The first-order chi connectivity index (χ1) is 11.4. The number of para-hydroxylation sites is 2. The number of halogens is 1. The Morgan fingerprint density at radius 2 is 1.79 bits per heavy atom. The highest BCUT2D eigenvalue weighted by molar-refractivity contribution is 7.89. The van der Waals surface area contributed by atoms with E-state index in [2.05, 4.69) is 10.0 Å². The molecule has 2 rings (SSSR count). The van der Waals surface area contributed by atoms with Gasteiger partial charge in [-0.15, -0.1) is 0 Å². The summed E-state index contributed by atoms with van der Waals surface area (Å²) < 4.78 is 31.9. The summed E-state index contributed by atoms with van der Waals surface area (Å²) in [6.07, 6.45) is 0. The van der Waals surface area contributed by atoms with E-state index in [1.54, 1.807) is 24.3 Å². The monoisotopic (exact) mass is 368 g/mol. The number of carbonyl (C=O) groups excluding carboxylic acids is 1. The third-order valence-corrected chi connectivity index (χ3v) is 4.68. The van der Waals surface area contributed by atoms with Crippen LogP contribution in [0.5, 0.6) is 5.75 Å². The average Bonchev–Trinajstić information content (AvgIpc) is 2.56. The molecule has 2 aromatic rings. The lowest BCUT2D eigenvalue weighted by molar-refractivity contribution is -0.115. The Bertz CT molecular complexity index is 807. The van der Waals surface area contributed by atoms with Crippen LogP contribution in [0, 0.1) is 0 Å². The Kier molecular flexibility index (Phi) is 6.19. The molecule has 1 amide bonds. The van der Waals surface area contributed by atoms with Crippen LogP contribution in [0.3, 0.4) is 0 Å². The number of rotatable bonds is 7. The van der Waals surface area contributed by atoms with Crippen molar-refractivity contribution in [3.63, 3.8) is 0 Å². The Morgan fingerprint density at radius 3 is 2.46 bits per heavy atom. The average molecular weight is 369 g/mol. The number of amides is 1. The van der Waals surface area contributed by atoms with Gasteiger partial charge in [0.15, 0.2) is 0 Å². The summed E-state index contributed by atoms with van der Waals surface area (Å²) in [7, 11) is -3.79. The number of ether oxygens (including phenoxy) is 1. The second-order valence-electron chi connectivity index (χ2n) is 4.76. The number of sulfonamides is 1. The largest absolute Gasteiger partial charge is 0.492 e. The summed E-state index contributed by atoms with van der Waals surface area (Å²) in [4.78, 5) is 12.0. The van der Waals surface area contributed by atoms with Gasteiger partial charge < -0.3 is 10.1 Å². The van der Waals surface area contributed by atoms with Crippen molar-refractivity contribution in [2.45, 2.75) is 11.8 Å². The first-order valence-corrected chi connectivity index (χ1v) is 9.05. The third-order valence-electron chi connectivity index (χ3n) is 3.01. The topological polar surface area (TPSA) is 84.5 Å². The second-order valence-corrected chi connectivity index (χ2v) is 6.96. The SMILES string of the molecule is CCOc1ccccc1NC(=O)CNS(=O)(=O)c1ccc(Cl)cc1. The Labute approximate surface area is 145 Å². The van der Waals surface area contributed by atoms with Crippen molar-refractivity contribution in [3.05, 3.63) is 53.6 Å². The lowest BCUT2D eigenvalue weighted by Crippen LogP contribution is -2.33. The maximum Gasteiger partial charge on any atom is 0.241 e. The molecule has 0 fully saturated rings. The van der Waals surface area contributed by atoms with Crippen molar-refractivity contribution in [2.75, 3.05) is 18.5 Å². The van der Waals surface area contributed by atoms with Crippen LogP contribution in [0.1, 0.15) is 6.92 Å². The van der Waals surface area contributed by atoms with Crippen LogP contribution in [-0.4, -0.2) is 27.5 Å². The van der Waals surface area contributed by atoms with Crippen LogP contribution < -0.4 is 14.8 Å². The van der Waals surface area contributed by atoms with Crippen LogP contribution in [0.15, 0.2) is 53.4 Å². The molecule has 0 spiro atoms. The van der Waals surface area contributed by atoms with Crippen molar-refractivity contribution in [3.8, 4) is 5.75 Å². The van der Waals surface area contributed by atoms with Crippen LogP contribution in [0.4, 0.5) is 5.69 Å². The standard InChI is InChI=1S/C16H17ClN2O4S/c1-2-23-15-6-4-3-5-14(15)19-16(20)11-18-24(21,22)13-9-7-12(17)8-10-13/h3-10,18H,2,11H2,1H3,(H,19,20). The number of hydrogen-bond donors (Lipinski definition) is 2. The highest BCUT2D eigenvalue weighted by Gasteiger charge is 2.16. The first kappa shape index (κ1) is 18.3. The maximum absolute atomic E-state index is 12.1. The van der Waals surface area contributed by atoms with E-state index in [1.165, 1.54) is 24.3 Å². The minimum atomic E-state index is -3.79. The van der Waals surface area contributed by atoms with E-state index in [9.17, 15) is 13.2 Å². The molecule has 128 valence electrons. The predicted octanol–water partition coefficient (Wildman–Crippen LogP) is 2.66. The fourth-order valence-electron chi connectivity index (χ4n) is 1.90. The molecule has 2 N–H and O–H groups in total. The molecule has 0 aliphatic heterocycles. The van der Waals surface area contributed by atoms with E-state index < -0.39 is 22.5 Å². The molecule has 0 aromatic heterocycles. The summed E-state index contributed by atoms with van der Waals surface area (Å²) in [5.41, 5.74) is 0.482. The number of nitrogens with one attached hydrogen (secondary N) is 2. The summed E-state index contributed by atoms with van der Waals surface area (Å²) in [5, 5.41) is 3.05. The zero-order chi connectivity index (χ0) is 17.6. The molecule has 24 heavy (non-hydrogen) atoms. The lowest BCUT2D eigenvalue weighted by Gasteiger charge is -2.12. The zero-order valence-electron chi connectivity index (χ0n) is 13.0. The molecular formula is C16H17ClN2O4S.